The quantitative estimate of drug-likeness (QED) is 0.657. The molecule has 6 nitrogen and oxygen atoms in total. The molecule has 4 rings (SSSR count). The molecule has 0 saturated carbocycles. The Bertz CT molecular complexity index is 1070. The van der Waals surface area contributed by atoms with Crippen LogP contribution >= 0.6 is 0 Å². The van der Waals surface area contributed by atoms with Crippen molar-refractivity contribution in [3.63, 3.8) is 0 Å². The Hall–Kier alpha value is -3.54. The number of hydrogen-bond donors (Lipinski definition) is 1. The maximum absolute atomic E-state index is 12.8. The summed E-state index contributed by atoms with van der Waals surface area (Å²) < 4.78 is 16.2. The van der Waals surface area contributed by atoms with Crippen molar-refractivity contribution in [3.05, 3.63) is 64.9 Å². The van der Waals surface area contributed by atoms with E-state index in [1.807, 2.05) is 48.5 Å². The predicted octanol–water partition coefficient (Wildman–Crippen LogP) is 4.32. The average molecular weight is 390 g/mol. The van der Waals surface area contributed by atoms with Crippen LogP contribution in [0.15, 0.2) is 48.0 Å². The van der Waals surface area contributed by atoms with Crippen molar-refractivity contribution in [2.45, 2.75) is 12.8 Å². The minimum atomic E-state index is 0.0794. The van der Waals surface area contributed by atoms with Gasteiger partial charge in [0.2, 0.25) is 5.75 Å². The average Bonchev–Trinajstić information content (AvgIpc) is 3.23. The van der Waals surface area contributed by atoms with Crippen molar-refractivity contribution < 1.29 is 19.0 Å². The zero-order valence-electron chi connectivity index (χ0n) is 16.6. The van der Waals surface area contributed by atoms with Gasteiger partial charge in [-0.25, -0.2) is 0 Å². The van der Waals surface area contributed by atoms with Gasteiger partial charge in [-0.3, -0.25) is 9.89 Å². The SMILES string of the molecule is COc1cc(-c2cc(/C=C3\CCc4ccccc4C3=O)[nH]n2)cc(OC)c1OC. The fraction of sp³-hybridized carbons (Fsp3) is 0.217. The molecule has 0 fully saturated rings. The summed E-state index contributed by atoms with van der Waals surface area (Å²) in [6, 6.07) is 13.4. The van der Waals surface area contributed by atoms with E-state index in [-0.39, 0.29) is 5.78 Å². The molecule has 3 aromatic rings. The van der Waals surface area contributed by atoms with E-state index in [1.54, 1.807) is 21.3 Å². The number of aromatic nitrogens is 2. The lowest BCUT2D eigenvalue weighted by molar-refractivity contribution is 0.102. The minimum Gasteiger partial charge on any atom is -0.493 e. The number of H-pyrrole nitrogens is 1. The number of Topliss-reactive ketones (excluding diaryl/α,β-unsaturated/α-hetero) is 1. The second kappa shape index (κ2) is 7.83. The molecule has 0 bridgehead atoms. The number of nitrogens with one attached hydrogen (secondary N) is 1. The number of aromatic amines is 1. The molecule has 0 spiro atoms. The highest BCUT2D eigenvalue weighted by molar-refractivity contribution is 6.13. The lowest BCUT2D eigenvalue weighted by atomic mass is 9.86. The zero-order valence-corrected chi connectivity index (χ0v) is 16.6. The maximum atomic E-state index is 12.8. The van der Waals surface area contributed by atoms with Crippen molar-refractivity contribution in [2.75, 3.05) is 21.3 Å². The molecule has 0 atom stereocenters. The Kier molecular flexibility index (Phi) is 5.08. The molecule has 1 aromatic heterocycles. The van der Waals surface area contributed by atoms with Crippen molar-refractivity contribution >= 4 is 11.9 Å². The van der Waals surface area contributed by atoms with Gasteiger partial charge in [0, 0.05) is 16.7 Å². The van der Waals surface area contributed by atoms with Crippen molar-refractivity contribution in [2.24, 2.45) is 0 Å². The van der Waals surface area contributed by atoms with Gasteiger partial charge in [0.25, 0.3) is 0 Å². The summed E-state index contributed by atoms with van der Waals surface area (Å²) in [7, 11) is 4.72. The lowest BCUT2D eigenvalue weighted by Crippen LogP contribution is -2.13. The Balaban J connectivity index is 1.66. The number of ether oxygens (including phenoxy) is 3. The van der Waals surface area contributed by atoms with Crippen LogP contribution in [0.4, 0.5) is 0 Å². The van der Waals surface area contributed by atoms with Crippen LogP contribution in [0.3, 0.4) is 0 Å². The summed E-state index contributed by atoms with van der Waals surface area (Å²) in [5.41, 5.74) is 4.99. The van der Waals surface area contributed by atoms with Gasteiger partial charge in [-0.15, -0.1) is 0 Å². The van der Waals surface area contributed by atoms with Gasteiger partial charge in [0.05, 0.1) is 32.7 Å². The number of allylic oxidation sites excluding steroid dienone is 1. The van der Waals surface area contributed by atoms with Crippen LogP contribution in [0.2, 0.25) is 0 Å². The Morgan fingerprint density at radius 3 is 2.38 bits per heavy atom. The third kappa shape index (κ3) is 3.49. The topological polar surface area (TPSA) is 73.4 Å². The molecule has 1 aliphatic rings. The maximum Gasteiger partial charge on any atom is 0.203 e. The van der Waals surface area contributed by atoms with Gasteiger partial charge < -0.3 is 14.2 Å². The first-order chi connectivity index (χ1) is 14.1. The van der Waals surface area contributed by atoms with Crippen LogP contribution < -0.4 is 14.2 Å². The second-order valence-electron chi connectivity index (χ2n) is 6.78. The molecule has 1 heterocycles. The highest BCUT2D eigenvalue weighted by Crippen LogP contribution is 2.41. The molecule has 0 unspecified atom stereocenters. The standard InChI is InChI=1S/C23H22N2O4/c1-27-20-11-16(12-21(28-2)23(20)29-3)19-13-17(24-25-19)10-15-9-8-14-6-4-5-7-18(14)22(15)26/h4-7,10-13H,8-9H2,1-3H3,(H,24,25)/b15-10+. The lowest BCUT2D eigenvalue weighted by Gasteiger charge is -2.16. The zero-order chi connectivity index (χ0) is 20.4. The number of carbonyl (C=O) groups is 1. The number of hydrogen-bond acceptors (Lipinski definition) is 5. The van der Waals surface area contributed by atoms with Gasteiger partial charge in [0.1, 0.15) is 0 Å². The summed E-state index contributed by atoms with van der Waals surface area (Å²) >= 11 is 0. The third-order valence-electron chi connectivity index (χ3n) is 5.11. The number of methoxy groups -OCH3 is 3. The molecule has 1 N–H and O–H groups in total. The highest BCUT2D eigenvalue weighted by Gasteiger charge is 2.21. The molecule has 148 valence electrons. The van der Waals surface area contributed by atoms with Crippen molar-refractivity contribution in [1.29, 1.82) is 0 Å². The van der Waals surface area contributed by atoms with Gasteiger partial charge in [-0.05, 0) is 42.7 Å². The smallest absolute Gasteiger partial charge is 0.203 e. The Morgan fingerprint density at radius 2 is 1.69 bits per heavy atom. The van der Waals surface area contributed by atoms with Crippen LogP contribution in [0, 0.1) is 0 Å². The predicted molar refractivity (Wildman–Crippen MR) is 111 cm³/mol. The summed E-state index contributed by atoms with van der Waals surface area (Å²) in [4.78, 5) is 12.8. The summed E-state index contributed by atoms with van der Waals surface area (Å²) in [5, 5.41) is 7.40. The van der Waals surface area contributed by atoms with Gasteiger partial charge in [-0.2, -0.15) is 5.10 Å². The van der Waals surface area contributed by atoms with Crippen LogP contribution in [0.5, 0.6) is 17.2 Å². The summed E-state index contributed by atoms with van der Waals surface area (Å²) in [6.45, 7) is 0. The van der Waals surface area contributed by atoms with E-state index >= 15 is 0 Å². The Morgan fingerprint density at radius 1 is 0.966 bits per heavy atom. The summed E-state index contributed by atoms with van der Waals surface area (Å²) in [5.74, 6) is 1.73. The molecular weight excluding hydrogens is 368 g/mol. The van der Waals surface area contributed by atoms with E-state index in [0.717, 1.165) is 40.1 Å². The van der Waals surface area contributed by atoms with Crippen LogP contribution in [0.25, 0.3) is 17.3 Å². The minimum absolute atomic E-state index is 0.0794. The number of benzene rings is 2. The fourth-order valence-electron chi connectivity index (χ4n) is 3.63. The molecule has 1 aliphatic carbocycles. The highest BCUT2D eigenvalue weighted by atomic mass is 16.5. The number of carbonyl (C=O) groups excluding carboxylic acids is 1. The first-order valence-corrected chi connectivity index (χ1v) is 9.33. The molecule has 29 heavy (non-hydrogen) atoms. The first kappa shape index (κ1) is 18.8. The third-order valence-corrected chi connectivity index (χ3v) is 5.11. The number of nitrogens with zero attached hydrogens (tertiary/aromatic N) is 1. The Labute approximate surface area is 169 Å². The van der Waals surface area contributed by atoms with Crippen LogP contribution in [-0.2, 0) is 6.42 Å². The monoisotopic (exact) mass is 390 g/mol. The largest absolute Gasteiger partial charge is 0.493 e. The molecule has 6 heteroatoms. The molecule has 0 saturated heterocycles. The van der Waals surface area contributed by atoms with E-state index in [1.165, 1.54) is 0 Å². The van der Waals surface area contributed by atoms with Gasteiger partial charge >= 0.3 is 0 Å². The molecule has 0 radical (unpaired) electrons. The van der Waals surface area contributed by atoms with E-state index in [9.17, 15) is 4.79 Å². The van der Waals surface area contributed by atoms with Crippen LogP contribution in [0.1, 0.15) is 28.0 Å². The first-order valence-electron chi connectivity index (χ1n) is 9.33. The van der Waals surface area contributed by atoms with E-state index in [2.05, 4.69) is 10.2 Å². The normalized spacial score (nSPS) is 14.6. The molecular formula is C23H22N2O4. The van der Waals surface area contributed by atoms with Crippen LogP contribution in [-0.4, -0.2) is 37.3 Å². The molecule has 0 amide bonds. The number of ketones is 1. The van der Waals surface area contributed by atoms with Gasteiger partial charge in [-0.1, -0.05) is 24.3 Å². The fourth-order valence-corrected chi connectivity index (χ4v) is 3.63. The van der Waals surface area contributed by atoms with E-state index in [0.29, 0.717) is 23.7 Å². The number of aryl methyl sites for hydroxylation is 1. The molecule has 0 aliphatic heterocycles. The summed E-state index contributed by atoms with van der Waals surface area (Å²) in [6.07, 6.45) is 3.46. The number of rotatable bonds is 5. The van der Waals surface area contributed by atoms with E-state index in [4.69, 9.17) is 14.2 Å². The van der Waals surface area contributed by atoms with Gasteiger partial charge in [0.15, 0.2) is 17.3 Å². The van der Waals surface area contributed by atoms with E-state index < -0.39 is 0 Å². The van der Waals surface area contributed by atoms with Crippen molar-refractivity contribution in [1.82, 2.24) is 10.2 Å². The second-order valence-corrected chi connectivity index (χ2v) is 6.78. The molecule has 2 aromatic carbocycles. The van der Waals surface area contributed by atoms with Crippen molar-refractivity contribution in [3.8, 4) is 28.5 Å². The number of fused-ring (bicyclic) bond motifs is 1.